The van der Waals surface area contributed by atoms with Crippen LogP contribution in [0.5, 0.6) is 0 Å². The number of fused-ring (bicyclic) bond motifs is 1. The fourth-order valence-corrected chi connectivity index (χ4v) is 4.39. The fraction of sp³-hybridized carbons (Fsp3) is 0.350. The Balaban J connectivity index is 1.59. The van der Waals surface area contributed by atoms with E-state index in [1.165, 1.54) is 33.9 Å². The van der Waals surface area contributed by atoms with Gasteiger partial charge in [-0.15, -0.1) is 11.3 Å². The Morgan fingerprint density at radius 2 is 2.21 bits per heavy atom. The lowest BCUT2D eigenvalue weighted by molar-refractivity contribution is -0.384. The number of thiophene rings is 1. The first-order chi connectivity index (χ1) is 13.9. The molecular formula is C20H19N3O5S. The van der Waals surface area contributed by atoms with Gasteiger partial charge in [0, 0.05) is 17.0 Å². The molecule has 1 amide bonds. The van der Waals surface area contributed by atoms with Gasteiger partial charge < -0.3 is 10.1 Å². The molecule has 1 heterocycles. The molecule has 0 bridgehead atoms. The third-order valence-electron chi connectivity index (χ3n) is 4.91. The topological polar surface area (TPSA) is 122 Å². The summed E-state index contributed by atoms with van der Waals surface area (Å²) in [6, 6.07) is 7.18. The number of nitrogens with zero attached hydrogens (tertiary/aromatic N) is 2. The largest absolute Gasteiger partial charge is 0.451 e. The van der Waals surface area contributed by atoms with E-state index in [1.54, 1.807) is 6.07 Å². The number of benzene rings is 1. The zero-order chi connectivity index (χ0) is 21.0. The van der Waals surface area contributed by atoms with Crippen LogP contribution in [0, 0.1) is 27.4 Å². The van der Waals surface area contributed by atoms with Crippen molar-refractivity contribution in [3.8, 4) is 6.07 Å². The average Bonchev–Trinajstić information content (AvgIpc) is 3.15. The zero-order valence-corrected chi connectivity index (χ0v) is 16.6. The number of nitro groups is 1. The Morgan fingerprint density at radius 3 is 2.90 bits per heavy atom. The first-order valence-corrected chi connectivity index (χ1v) is 10.00. The summed E-state index contributed by atoms with van der Waals surface area (Å²) < 4.78 is 5.10. The van der Waals surface area contributed by atoms with E-state index in [4.69, 9.17) is 10.00 Å². The second-order valence-electron chi connectivity index (χ2n) is 6.80. The van der Waals surface area contributed by atoms with E-state index in [2.05, 4.69) is 12.2 Å². The minimum Gasteiger partial charge on any atom is -0.451 e. The van der Waals surface area contributed by atoms with Gasteiger partial charge in [-0.25, -0.2) is 4.79 Å². The van der Waals surface area contributed by atoms with E-state index in [-0.39, 0.29) is 16.9 Å². The Labute approximate surface area is 171 Å². The van der Waals surface area contributed by atoms with Crippen LogP contribution in [0.25, 0.3) is 0 Å². The Morgan fingerprint density at radius 1 is 1.41 bits per heavy atom. The number of carbonyl (C=O) groups is 2. The third-order valence-corrected chi connectivity index (χ3v) is 6.12. The predicted molar refractivity (Wildman–Crippen MR) is 107 cm³/mol. The van der Waals surface area contributed by atoms with Crippen LogP contribution in [-0.4, -0.2) is 23.4 Å². The van der Waals surface area contributed by atoms with E-state index in [9.17, 15) is 19.7 Å². The van der Waals surface area contributed by atoms with E-state index in [0.29, 0.717) is 10.8 Å². The van der Waals surface area contributed by atoms with Crippen LogP contribution < -0.4 is 5.32 Å². The number of anilines is 1. The molecular weight excluding hydrogens is 394 g/mol. The molecule has 1 aliphatic rings. The van der Waals surface area contributed by atoms with Crippen molar-refractivity contribution in [1.82, 2.24) is 0 Å². The van der Waals surface area contributed by atoms with Crippen molar-refractivity contribution in [3.05, 3.63) is 55.3 Å². The van der Waals surface area contributed by atoms with Crippen LogP contribution in [0.3, 0.4) is 0 Å². The SMILES string of the molecule is CC[C@H]1CCc2sc(C(=O)OCC(=O)Nc3ccc([N+](=O)[O-])cc3C#N)cc2C1. The number of nitriles is 1. The maximum absolute atomic E-state index is 12.3. The number of esters is 1. The molecule has 29 heavy (non-hydrogen) atoms. The molecule has 0 aliphatic heterocycles. The van der Waals surface area contributed by atoms with Gasteiger partial charge in [0.05, 0.1) is 16.2 Å². The van der Waals surface area contributed by atoms with E-state index in [1.807, 2.05) is 6.07 Å². The van der Waals surface area contributed by atoms with E-state index < -0.39 is 23.4 Å². The van der Waals surface area contributed by atoms with E-state index >= 15 is 0 Å². The van der Waals surface area contributed by atoms with Crippen molar-refractivity contribution in [3.63, 3.8) is 0 Å². The Hall–Kier alpha value is -3.25. The van der Waals surface area contributed by atoms with Crippen molar-refractivity contribution in [1.29, 1.82) is 5.26 Å². The number of aryl methyl sites for hydroxylation is 1. The highest BCUT2D eigenvalue weighted by molar-refractivity contribution is 7.14. The standard InChI is InChI=1S/C20H19N3O5S/c1-2-12-3-6-17-13(7-12)9-18(29-17)20(25)28-11-19(24)22-16-5-4-15(23(26)27)8-14(16)10-21/h4-5,8-9,12H,2-3,6-7,11H2,1H3,(H,22,24)/t12-/m0/s1. The maximum atomic E-state index is 12.3. The van der Waals surface area contributed by atoms with Gasteiger partial charge in [-0.05, 0) is 42.9 Å². The maximum Gasteiger partial charge on any atom is 0.348 e. The van der Waals surface area contributed by atoms with Crippen molar-refractivity contribution in [2.45, 2.75) is 32.6 Å². The van der Waals surface area contributed by atoms with Crippen molar-refractivity contribution in [2.75, 3.05) is 11.9 Å². The third kappa shape index (κ3) is 4.78. The number of rotatable bonds is 6. The van der Waals surface area contributed by atoms with Gasteiger partial charge in [-0.3, -0.25) is 14.9 Å². The molecule has 1 N–H and O–H groups in total. The van der Waals surface area contributed by atoms with Crippen molar-refractivity contribution >= 4 is 34.6 Å². The molecule has 0 saturated heterocycles. The molecule has 3 rings (SSSR count). The smallest absolute Gasteiger partial charge is 0.348 e. The van der Waals surface area contributed by atoms with Gasteiger partial charge in [0.1, 0.15) is 10.9 Å². The van der Waals surface area contributed by atoms with Gasteiger partial charge in [-0.2, -0.15) is 5.26 Å². The van der Waals surface area contributed by atoms with Gasteiger partial charge in [0.2, 0.25) is 0 Å². The molecule has 0 spiro atoms. The molecule has 9 heteroatoms. The molecule has 2 aromatic rings. The highest BCUT2D eigenvalue weighted by Crippen LogP contribution is 2.33. The summed E-state index contributed by atoms with van der Waals surface area (Å²) in [7, 11) is 0. The summed E-state index contributed by atoms with van der Waals surface area (Å²) in [5, 5.41) is 22.3. The molecule has 0 fully saturated rings. The minimum atomic E-state index is -0.629. The first kappa shape index (κ1) is 20.5. The molecule has 0 saturated carbocycles. The monoisotopic (exact) mass is 413 g/mol. The summed E-state index contributed by atoms with van der Waals surface area (Å²) >= 11 is 1.41. The molecule has 0 radical (unpaired) electrons. The molecule has 1 atom stereocenters. The Bertz CT molecular complexity index is 1010. The van der Waals surface area contributed by atoms with E-state index in [0.717, 1.165) is 31.7 Å². The first-order valence-electron chi connectivity index (χ1n) is 9.18. The number of hydrogen-bond acceptors (Lipinski definition) is 7. The van der Waals surface area contributed by atoms with Crippen LogP contribution in [0.1, 0.15) is 45.4 Å². The van der Waals surface area contributed by atoms with Crippen LogP contribution in [0.2, 0.25) is 0 Å². The number of amides is 1. The zero-order valence-electron chi connectivity index (χ0n) is 15.8. The van der Waals surface area contributed by atoms with Gasteiger partial charge >= 0.3 is 5.97 Å². The highest BCUT2D eigenvalue weighted by Gasteiger charge is 2.23. The second kappa shape index (κ2) is 8.84. The van der Waals surface area contributed by atoms with Crippen molar-refractivity contribution in [2.24, 2.45) is 5.92 Å². The van der Waals surface area contributed by atoms with Gasteiger partial charge in [0.15, 0.2) is 6.61 Å². The van der Waals surface area contributed by atoms with Crippen LogP contribution >= 0.6 is 11.3 Å². The highest BCUT2D eigenvalue weighted by atomic mass is 32.1. The van der Waals surface area contributed by atoms with Gasteiger partial charge in [-0.1, -0.05) is 13.3 Å². The lowest BCUT2D eigenvalue weighted by Crippen LogP contribution is -2.21. The number of hydrogen-bond donors (Lipinski definition) is 1. The number of non-ortho nitro benzene ring substituents is 1. The fourth-order valence-electron chi connectivity index (χ4n) is 3.28. The molecule has 8 nitrogen and oxygen atoms in total. The van der Waals surface area contributed by atoms with Crippen LogP contribution in [0.4, 0.5) is 11.4 Å². The van der Waals surface area contributed by atoms with Crippen molar-refractivity contribution < 1.29 is 19.2 Å². The number of nitro benzene ring substituents is 1. The minimum absolute atomic E-state index is 0.0460. The average molecular weight is 413 g/mol. The van der Waals surface area contributed by atoms with Crippen LogP contribution in [0.15, 0.2) is 24.3 Å². The van der Waals surface area contributed by atoms with Gasteiger partial charge in [0.25, 0.3) is 11.6 Å². The normalized spacial score (nSPS) is 15.1. The summed E-state index contributed by atoms with van der Waals surface area (Å²) in [6.07, 6.45) is 4.16. The lowest BCUT2D eigenvalue weighted by Gasteiger charge is -2.19. The predicted octanol–water partition coefficient (Wildman–Crippen LogP) is 3.84. The lowest BCUT2D eigenvalue weighted by atomic mass is 9.87. The number of carbonyl (C=O) groups excluding carboxylic acids is 2. The second-order valence-corrected chi connectivity index (χ2v) is 7.94. The summed E-state index contributed by atoms with van der Waals surface area (Å²) in [5.41, 5.74) is 1.01. The van der Waals surface area contributed by atoms with Crippen LogP contribution in [-0.2, 0) is 22.4 Å². The quantitative estimate of drug-likeness (QED) is 0.436. The summed E-state index contributed by atoms with van der Waals surface area (Å²) in [4.78, 5) is 36.2. The molecule has 0 unspecified atom stereocenters. The molecule has 1 aromatic heterocycles. The number of ether oxygens (including phenoxy) is 1. The summed E-state index contributed by atoms with van der Waals surface area (Å²) in [6.45, 7) is 1.65. The Kier molecular flexibility index (Phi) is 6.24. The molecule has 1 aliphatic carbocycles. The number of nitrogens with one attached hydrogen (secondary N) is 1. The molecule has 1 aromatic carbocycles. The summed E-state index contributed by atoms with van der Waals surface area (Å²) in [5.74, 6) is -0.546. The molecule has 150 valence electrons.